The van der Waals surface area contributed by atoms with E-state index in [0.717, 1.165) is 51.4 Å². The lowest BCUT2D eigenvalue weighted by Gasteiger charge is -2.14. The summed E-state index contributed by atoms with van der Waals surface area (Å²) in [6.45, 7) is 10.6. The summed E-state index contributed by atoms with van der Waals surface area (Å²) < 4.78 is 26.6. The van der Waals surface area contributed by atoms with Crippen molar-refractivity contribution in [3.63, 3.8) is 0 Å². The lowest BCUT2D eigenvalue weighted by Crippen LogP contribution is -2.33. The van der Waals surface area contributed by atoms with Gasteiger partial charge in [-0.15, -0.1) is 18.4 Å². The van der Waals surface area contributed by atoms with Crippen LogP contribution in [0.5, 0.6) is 0 Å². The van der Waals surface area contributed by atoms with Crippen LogP contribution in [0.2, 0.25) is 0 Å². The maximum Gasteiger partial charge on any atom is 0.407 e. The number of alkyl carbamates (subject to hydrolysis) is 2. The number of amides is 2. The molecule has 0 radical (unpaired) electrons. The van der Waals surface area contributed by atoms with Gasteiger partial charge in [-0.1, -0.05) is 39.7 Å². The fourth-order valence-corrected chi connectivity index (χ4v) is 6.43. The van der Waals surface area contributed by atoms with Gasteiger partial charge in [0.1, 0.15) is 13.2 Å². The second-order valence-corrected chi connectivity index (χ2v) is 12.8. The largest absolute Gasteiger partial charge is 0.463 e. The molecule has 3 aliphatic carbocycles. The molecule has 3 rings (SSSR count). The fourth-order valence-electron chi connectivity index (χ4n) is 6.43. The number of rotatable bonds is 21. The third kappa shape index (κ3) is 12.9. The van der Waals surface area contributed by atoms with Crippen LogP contribution in [0.15, 0.2) is 12.7 Å². The first kappa shape index (κ1) is 37.2. The maximum atomic E-state index is 12.2. The number of esters is 2. The molecule has 0 aromatic carbocycles. The van der Waals surface area contributed by atoms with Gasteiger partial charge in [-0.05, 0) is 61.2 Å². The zero-order chi connectivity index (χ0) is 33.3. The summed E-state index contributed by atoms with van der Waals surface area (Å²) in [7, 11) is 0. The van der Waals surface area contributed by atoms with Crippen LogP contribution in [-0.4, -0.2) is 76.9 Å². The molecule has 2 amide bonds. The number of allylic oxidation sites excluding steroid dienone is 1. The van der Waals surface area contributed by atoms with Crippen molar-refractivity contribution in [1.29, 1.82) is 0 Å². The van der Waals surface area contributed by atoms with Gasteiger partial charge in [0.05, 0.1) is 38.3 Å². The molecule has 0 aromatic rings. The van der Waals surface area contributed by atoms with Crippen molar-refractivity contribution in [2.24, 2.45) is 47.3 Å². The normalized spacial score (nSPS) is 25.5. The first-order chi connectivity index (χ1) is 22.3. The molecule has 0 bridgehead atoms. The van der Waals surface area contributed by atoms with Crippen molar-refractivity contribution in [2.45, 2.75) is 72.1 Å². The second kappa shape index (κ2) is 20.1. The predicted molar refractivity (Wildman–Crippen MR) is 171 cm³/mol. The Morgan fingerprint density at radius 1 is 0.739 bits per heavy atom. The third-order valence-corrected chi connectivity index (χ3v) is 9.34. The van der Waals surface area contributed by atoms with Crippen LogP contribution in [0.1, 0.15) is 72.1 Å². The van der Waals surface area contributed by atoms with Crippen molar-refractivity contribution in [1.82, 2.24) is 10.6 Å². The van der Waals surface area contributed by atoms with Gasteiger partial charge in [-0.25, -0.2) is 9.59 Å². The average Bonchev–Trinajstić information content (AvgIpc) is 3.91. The van der Waals surface area contributed by atoms with Crippen LogP contribution in [0.25, 0.3) is 0 Å². The molecule has 2 unspecified atom stereocenters. The lowest BCUT2D eigenvalue weighted by atomic mass is 10.1. The van der Waals surface area contributed by atoms with Gasteiger partial charge in [0, 0.05) is 25.9 Å². The van der Waals surface area contributed by atoms with Crippen LogP contribution in [-0.2, 0) is 33.3 Å². The number of fused-ring (bicyclic) bond motifs is 1. The summed E-state index contributed by atoms with van der Waals surface area (Å²) >= 11 is 0. The molecule has 11 nitrogen and oxygen atoms in total. The molecule has 3 aliphatic rings. The standard InChI is InChI=1S/C35H54N2O9/c1-5-7-13-27-26(12-6-2)30(27)22-45-34(40)36-20-24(3)32(38)43-18-16-42-17-19-44-33(39)25(4)21-37-35(41)46-23-31-28-14-10-8-9-11-15-29(28)31/h5,24-31H,1,6-7,10-23H2,2-4H3,(H,36,40)(H,37,41)/t24?,25?,26-,27+,28-,29+,30-,31-/m1/s1. The third-order valence-electron chi connectivity index (χ3n) is 9.34. The van der Waals surface area contributed by atoms with Crippen LogP contribution < -0.4 is 10.6 Å². The monoisotopic (exact) mass is 646 g/mol. The highest BCUT2D eigenvalue weighted by Gasteiger charge is 2.49. The van der Waals surface area contributed by atoms with E-state index in [2.05, 4.69) is 36.0 Å². The molecular formula is C35H54N2O9. The van der Waals surface area contributed by atoms with E-state index in [1.807, 2.05) is 6.08 Å². The molecule has 0 aromatic heterocycles. The second-order valence-electron chi connectivity index (χ2n) is 12.8. The van der Waals surface area contributed by atoms with Crippen LogP contribution in [0, 0.1) is 59.2 Å². The van der Waals surface area contributed by atoms with Gasteiger partial charge < -0.3 is 34.3 Å². The Bertz CT molecular complexity index is 1050. The molecular weight excluding hydrogens is 592 g/mol. The molecule has 0 spiro atoms. The van der Waals surface area contributed by atoms with Gasteiger partial charge >= 0.3 is 24.1 Å². The SMILES string of the molecule is C=CCC[C@H]1[C@@H](CCC)[C@H]1COC(=O)NCC(C)C(=O)OCCOCCOC(=O)C(C)CNC(=O)OC[C@@H]1[C@@H]2CCC#CCC[C@@H]21. The Kier molecular flexibility index (Phi) is 16.2. The van der Waals surface area contributed by atoms with Gasteiger partial charge in [-0.3, -0.25) is 9.59 Å². The number of hydrogen-bond donors (Lipinski definition) is 2. The van der Waals surface area contributed by atoms with Crippen molar-refractivity contribution < 1.29 is 42.9 Å². The summed E-state index contributed by atoms with van der Waals surface area (Å²) in [6, 6.07) is 0. The van der Waals surface area contributed by atoms with Gasteiger partial charge in [0.25, 0.3) is 0 Å². The molecule has 8 atom stereocenters. The van der Waals surface area contributed by atoms with Gasteiger partial charge in [-0.2, -0.15) is 0 Å². The summed E-state index contributed by atoms with van der Waals surface area (Å²) in [5.41, 5.74) is 0. The highest BCUT2D eigenvalue weighted by Crippen LogP contribution is 2.53. The number of carbonyl (C=O) groups excluding carboxylic acids is 4. The summed E-state index contributed by atoms with van der Waals surface area (Å²) in [4.78, 5) is 48.6. The minimum absolute atomic E-state index is 0.0344. The Hall–Kier alpha value is -3.26. The number of nitrogens with one attached hydrogen (secondary N) is 2. The Labute approximate surface area is 274 Å². The first-order valence-electron chi connectivity index (χ1n) is 17.1. The zero-order valence-electron chi connectivity index (χ0n) is 27.9. The molecule has 0 aliphatic heterocycles. The van der Waals surface area contributed by atoms with Gasteiger partial charge in [0.2, 0.25) is 0 Å². The molecule has 2 fully saturated rings. The van der Waals surface area contributed by atoms with Crippen LogP contribution in [0.3, 0.4) is 0 Å². The van der Waals surface area contributed by atoms with E-state index in [0.29, 0.717) is 48.7 Å². The molecule has 0 saturated heterocycles. The van der Waals surface area contributed by atoms with Crippen molar-refractivity contribution >= 4 is 24.1 Å². The van der Waals surface area contributed by atoms with E-state index in [9.17, 15) is 19.2 Å². The quantitative estimate of drug-likeness (QED) is 0.0587. The highest BCUT2D eigenvalue weighted by atomic mass is 16.6. The predicted octanol–water partition coefficient (Wildman–Crippen LogP) is 4.88. The number of ether oxygens (including phenoxy) is 5. The molecule has 11 heteroatoms. The highest BCUT2D eigenvalue weighted by molar-refractivity contribution is 5.74. The van der Waals surface area contributed by atoms with Crippen LogP contribution in [0.4, 0.5) is 9.59 Å². The minimum atomic E-state index is -0.544. The first-order valence-corrected chi connectivity index (χ1v) is 17.1. The van der Waals surface area contributed by atoms with Crippen molar-refractivity contribution in [2.75, 3.05) is 52.7 Å². The molecule has 0 heterocycles. The molecule has 2 N–H and O–H groups in total. The molecule has 46 heavy (non-hydrogen) atoms. The van der Waals surface area contributed by atoms with Gasteiger partial charge in [0.15, 0.2) is 0 Å². The molecule has 2 saturated carbocycles. The lowest BCUT2D eigenvalue weighted by molar-refractivity contribution is -0.150. The van der Waals surface area contributed by atoms with Crippen molar-refractivity contribution in [3.05, 3.63) is 12.7 Å². The van der Waals surface area contributed by atoms with E-state index in [4.69, 9.17) is 23.7 Å². The number of hydrogen-bond acceptors (Lipinski definition) is 9. The van der Waals surface area contributed by atoms with E-state index in [-0.39, 0.29) is 39.5 Å². The topological polar surface area (TPSA) is 138 Å². The van der Waals surface area contributed by atoms with E-state index < -0.39 is 36.0 Å². The zero-order valence-corrected chi connectivity index (χ0v) is 27.9. The van der Waals surface area contributed by atoms with E-state index in [1.54, 1.807) is 13.8 Å². The maximum absolute atomic E-state index is 12.2. The number of carbonyl (C=O) groups is 4. The molecule has 258 valence electrons. The Morgan fingerprint density at radius 2 is 1.24 bits per heavy atom. The summed E-state index contributed by atoms with van der Waals surface area (Å²) in [5, 5.41) is 5.27. The fraction of sp³-hybridized carbons (Fsp3) is 0.771. The summed E-state index contributed by atoms with van der Waals surface area (Å²) in [5.74, 6) is 7.56. The van der Waals surface area contributed by atoms with Crippen LogP contribution >= 0.6 is 0 Å². The summed E-state index contributed by atoms with van der Waals surface area (Å²) in [6.07, 6.45) is 9.15. The average molecular weight is 647 g/mol. The van der Waals surface area contributed by atoms with Crippen molar-refractivity contribution in [3.8, 4) is 11.8 Å². The minimum Gasteiger partial charge on any atom is -0.463 e. The Morgan fingerprint density at radius 3 is 1.74 bits per heavy atom. The smallest absolute Gasteiger partial charge is 0.407 e. The Balaban J connectivity index is 1.13. The van der Waals surface area contributed by atoms with E-state index in [1.165, 1.54) is 0 Å². The van der Waals surface area contributed by atoms with E-state index >= 15 is 0 Å².